The van der Waals surface area contributed by atoms with E-state index in [1.807, 2.05) is 35.9 Å². The van der Waals surface area contributed by atoms with Crippen molar-refractivity contribution in [1.29, 1.82) is 0 Å². The Morgan fingerprint density at radius 3 is 2.76 bits per heavy atom. The number of fused-ring (bicyclic) bond motifs is 1. The van der Waals surface area contributed by atoms with Crippen LogP contribution in [0.25, 0.3) is 11.0 Å². The molecule has 2 aromatic carbocycles. The summed E-state index contributed by atoms with van der Waals surface area (Å²) in [6.07, 6.45) is 0.228. The Balaban J connectivity index is 1.92. The number of nitrogens with zero attached hydrogens (tertiary/aromatic N) is 2. The van der Waals surface area contributed by atoms with Crippen LogP contribution in [0.1, 0.15) is 16.2 Å². The van der Waals surface area contributed by atoms with Gasteiger partial charge in [-0.2, -0.15) is 0 Å². The molecular formula is C16H14ClN3O. The van der Waals surface area contributed by atoms with Crippen LogP contribution in [-0.4, -0.2) is 15.3 Å². The SMILES string of the molecule is Cn1c(CC(=O)c2ccc(N)c(Cl)c2)nc2ccccc21. The van der Waals surface area contributed by atoms with Crippen molar-refractivity contribution >= 4 is 34.1 Å². The van der Waals surface area contributed by atoms with Gasteiger partial charge in [-0.05, 0) is 30.3 Å². The number of para-hydroxylation sites is 2. The summed E-state index contributed by atoms with van der Waals surface area (Å²) in [6.45, 7) is 0. The first-order valence-electron chi connectivity index (χ1n) is 6.55. The lowest BCUT2D eigenvalue weighted by Gasteiger charge is -2.04. The Bertz CT molecular complexity index is 839. The summed E-state index contributed by atoms with van der Waals surface area (Å²) in [5.74, 6) is 0.699. The largest absolute Gasteiger partial charge is 0.398 e. The van der Waals surface area contributed by atoms with Crippen LogP contribution in [0.4, 0.5) is 5.69 Å². The summed E-state index contributed by atoms with van der Waals surface area (Å²) in [5.41, 5.74) is 8.57. The minimum absolute atomic E-state index is 0.0321. The van der Waals surface area contributed by atoms with Gasteiger partial charge in [-0.15, -0.1) is 0 Å². The number of aryl methyl sites for hydroxylation is 1. The minimum Gasteiger partial charge on any atom is -0.398 e. The van der Waals surface area contributed by atoms with E-state index in [0.717, 1.165) is 16.9 Å². The highest BCUT2D eigenvalue weighted by molar-refractivity contribution is 6.33. The molecular weight excluding hydrogens is 286 g/mol. The molecule has 21 heavy (non-hydrogen) atoms. The number of benzene rings is 2. The van der Waals surface area contributed by atoms with Crippen LogP contribution in [0.15, 0.2) is 42.5 Å². The van der Waals surface area contributed by atoms with Crippen molar-refractivity contribution < 1.29 is 4.79 Å². The molecule has 4 nitrogen and oxygen atoms in total. The predicted octanol–water partition coefficient (Wildman–Crippen LogP) is 3.23. The minimum atomic E-state index is -0.0321. The number of anilines is 1. The predicted molar refractivity (Wildman–Crippen MR) is 84.6 cm³/mol. The Morgan fingerprint density at radius 2 is 2.05 bits per heavy atom. The summed E-state index contributed by atoms with van der Waals surface area (Å²) < 4.78 is 1.94. The second-order valence-corrected chi connectivity index (χ2v) is 5.32. The number of ketones is 1. The second-order valence-electron chi connectivity index (χ2n) is 4.91. The third-order valence-electron chi connectivity index (χ3n) is 3.52. The number of rotatable bonds is 3. The van der Waals surface area contributed by atoms with Gasteiger partial charge in [0, 0.05) is 12.6 Å². The van der Waals surface area contributed by atoms with Gasteiger partial charge in [0.25, 0.3) is 0 Å². The van der Waals surface area contributed by atoms with E-state index in [9.17, 15) is 4.79 Å². The van der Waals surface area contributed by atoms with Crippen LogP contribution in [-0.2, 0) is 13.5 Å². The van der Waals surface area contributed by atoms with Crippen LogP contribution >= 0.6 is 11.6 Å². The number of nitrogen functional groups attached to an aromatic ring is 1. The molecule has 0 bridgehead atoms. The number of aromatic nitrogens is 2. The van der Waals surface area contributed by atoms with E-state index in [0.29, 0.717) is 16.3 Å². The van der Waals surface area contributed by atoms with Crippen molar-refractivity contribution in [2.75, 3.05) is 5.73 Å². The summed E-state index contributed by atoms with van der Waals surface area (Å²) in [7, 11) is 1.91. The molecule has 106 valence electrons. The number of imidazole rings is 1. The van der Waals surface area contributed by atoms with Crippen molar-refractivity contribution in [2.24, 2.45) is 7.05 Å². The van der Waals surface area contributed by atoms with Gasteiger partial charge >= 0.3 is 0 Å². The average molecular weight is 300 g/mol. The molecule has 0 amide bonds. The first-order chi connectivity index (χ1) is 10.1. The third kappa shape index (κ3) is 2.50. The number of hydrogen-bond donors (Lipinski definition) is 1. The molecule has 0 saturated heterocycles. The van der Waals surface area contributed by atoms with Crippen molar-refractivity contribution in [1.82, 2.24) is 9.55 Å². The number of halogens is 1. The maximum Gasteiger partial charge on any atom is 0.170 e. The van der Waals surface area contributed by atoms with Crippen molar-refractivity contribution in [3.8, 4) is 0 Å². The standard InChI is InChI=1S/C16H14ClN3O/c1-20-14-5-3-2-4-13(14)19-16(20)9-15(21)10-6-7-12(18)11(17)8-10/h2-8H,9,18H2,1H3. The van der Waals surface area contributed by atoms with E-state index in [1.165, 1.54) is 0 Å². The molecule has 2 N–H and O–H groups in total. The zero-order valence-corrected chi connectivity index (χ0v) is 12.3. The van der Waals surface area contributed by atoms with Crippen LogP contribution in [0.5, 0.6) is 0 Å². The van der Waals surface area contributed by atoms with Gasteiger partial charge in [-0.1, -0.05) is 23.7 Å². The zero-order valence-electron chi connectivity index (χ0n) is 11.5. The van der Waals surface area contributed by atoms with E-state index in [-0.39, 0.29) is 12.2 Å². The molecule has 0 radical (unpaired) electrons. The molecule has 0 atom stereocenters. The quantitative estimate of drug-likeness (QED) is 0.596. The first kappa shape index (κ1) is 13.6. The Kier molecular flexibility index (Phi) is 3.39. The fraction of sp³-hybridized carbons (Fsp3) is 0.125. The van der Waals surface area contributed by atoms with Gasteiger partial charge in [0.15, 0.2) is 5.78 Å². The molecule has 5 heteroatoms. The molecule has 0 spiro atoms. The topological polar surface area (TPSA) is 60.9 Å². The number of hydrogen-bond acceptors (Lipinski definition) is 3. The van der Waals surface area contributed by atoms with Gasteiger partial charge in [0.2, 0.25) is 0 Å². The summed E-state index contributed by atoms with van der Waals surface area (Å²) >= 11 is 5.96. The van der Waals surface area contributed by atoms with Crippen LogP contribution in [0.2, 0.25) is 5.02 Å². The van der Waals surface area contributed by atoms with E-state index in [2.05, 4.69) is 4.98 Å². The molecule has 0 aliphatic heterocycles. The molecule has 3 rings (SSSR count). The summed E-state index contributed by atoms with van der Waals surface area (Å²) in [5, 5.41) is 0.394. The van der Waals surface area contributed by atoms with E-state index < -0.39 is 0 Å². The molecule has 3 aromatic rings. The molecule has 1 aromatic heterocycles. The third-order valence-corrected chi connectivity index (χ3v) is 3.85. The van der Waals surface area contributed by atoms with Crippen molar-refractivity contribution in [2.45, 2.75) is 6.42 Å². The number of Topliss-reactive ketones (excluding diaryl/α,β-unsaturated/α-hetero) is 1. The number of nitrogens with two attached hydrogens (primary N) is 1. The van der Waals surface area contributed by atoms with E-state index in [1.54, 1.807) is 18.2 Å². The Labute approximate surface area is 127 Å². The number of carbonyl (C=O) groups is 1. The fourth-order valence-corrected chi connectivity index (χ4v) is 2.48. The normalized spacial score (nSPS) is 11.0. The molecule has 0 saturated carbocycles. The van der Waals surface area contributed by atoms with Crippen LogP contribution in [0, 0.1) is 0 Å². The summed E-state index contributed by atoms with van der Waals surface area (Å²) in [6, 6.07) is 12.7. The highest BCUT2D eigenvalue weighted by atomic mass is 35.5. The zero-order chi connectivity index (χ0) is 15.0. The van der Waals surface area contributed by atoms with Gasteiger partial charge in [0.05, 0.1) is 28.2 Å². The maximum atomic E-state index is 12.4. The van der Waals surface area contributed by atoms with E-state index in [4.69, 9.17) is 17.3 Å². The lowest BCUT2D eigenvalue weighted by molar-refractivity contribution is 0.0990. The van der Waals surface area contributed by atoms with Crippen molar-refractivity contribution in [3.05, 3.63) is 58.9 Å². The molecule has 0 unspecified atom stereocenters. The lowest BCUT2D eigenvalue weighted by atomic mass is 10.1. The molecule has 0 aliphatic rings. The smallest absolute Gasteiger partial charge is 0.170 e. The van der Waals surface area contributed by atoms with Gasteiger partial charge in [-0.3, -0.25) is 4.79 Å². The highest BCUT2D eigenvalue weighted by Crippen LogP contribution is 2.21. The maximum absolute atomic E-state index is 12.4. The summed E-state index contributed by atoms with van der Waals surface area (Å²) in [4.78, 5) is 16.9. The van der Waals surface area contributed by atoms with Crippen LogP contribution < -0.4 is 5.73 Å². The molecule has 1 heterocycles. The molecule has 0 aliphatic carbocycles. The van der Waals surface area contributed by atoms with Gasteiger partial charge < -0.3 is 10.3 Å². The number of carbonyl (C=O) groups excluding carboxylic acids is 1. The monoisotopic (exact) mass is 299 g/mol. The van der Waals surface area contributed by atoms with Gasteiger partial charge in [0.1, 0.15) is 5.82 Å². The highest BCUT2D eigenvalue weighted by Gasteiger charge is 2.14. The Hall–Kier alpha value is -2.33. The first-order valence-corrected chi connectivity index (χ1v) is 6.92. The van der Waals surface area contributed by atoms with Crippen LogP contribution in [0.3, 0.4) is 0 Å². The van der Waals surface area contributed by atoms with Gasteiger partial charge in [-0.25, -0.2) is 4.98 Å². The second kappa shape index (κ2) is 5.22. The average Bonchev–Trinajstić information content (AvgIpc) is 2.79. The van der Waals surface area contributed by atoms with E-state index >= 15 is 0 Å². The lowest BCUT2D eigenvalue weighted by Crippen LogP contribution is -2.08. The fourth-order valence-electron chi connectivity index (χ4n) is 2.30. The molecule has 0 fully saturated rings. The Morgan fingerprint density at radius 1 is 1.29 bits per heavy atom. The van der Waals surface area contributed by atoms with Crippen molar-refractivity contribution in [3.63, 3.8) is 0 Å².